The lowest BCUT2D eigenvalue weighted by molar-refractivity contribution is -0.134. The maximum absolute atomic E-state index is 10.7. The molecule has 1 saturated carbocycles. The standard InChI is InChI=1S/C10H17NO2/c1-13-10(12)7-8-11-9-5-3-2-4-6-9/h7-9,11H,2-6H2,1H3. The molecule has 1 aliphatic rings. The van der Waals surface area contributed by atoms with E-state index < -0.39 is 0 Å². The minimum atomic E-state index is -0.302. The lowest BCUT2D eigenvalue weighted by Crippen LogP contribution is -2.26. The van der Waals surface area contributed by atoms with Crippen molar-refractivity contribution in [1.29, 1.82) is 0 Å². The minimum absolute atomic E-state index is 0.302. The Hall–Kier alpha value is -0.990. The van der Waals surface area contributed by atoms with E-state index in [-0.39, 0.29) is 5.97 Å². The minimum Gasteiger partial charge on any atom is -0.466 e. The van der Waals surface area contributed by atoms with E-state index in [2.05, 4.69) is 10.1 Å². The Balaban J connectivity index is 2.16. The fourth-order valence-electron chi connectivity index (χ4n) is 1.59. The summed E-state index contributed by atoms with van der Waals surface area (Å²) in [5, 5.41) is 3.21. The second kappa shape index (κ2) is 5.62. The highest BCUT2D eigenvalue weighted by molar-refractivity contribution is 5.81. The molecule has 1 fully saturated rings. The van der Waals surface area contributed by atoms with Crippen LogP contribution >= 0.6 is 0 Å². The van der Waals surface area contributed by atoms with Gasteiger partial charge < -0.3 is 10.1 Å². The molecule has 0 saturated heterocycles. The van der Waals surface area contributed by atoms with Gasteiger partial charge in [-0.2, -0.15) is 0 Å². The van der Waals surface area contributed by atoms with E-state index in [1.807, 2.05) is 0 Å². The third-order valence-electron chi connectivity index (χ3n) is 2.36. The van der Waals surface area contributed by atoms with Crippen LogP contribution in [-0.2, 0) is 9.53 Å². The third kappa shape index (κ3) is 3.97. The molecular weight excluding hydrogens is 166 g/mol. The Morgan fingerprint density at radius 1 is 1.38 bits per heavy atom. The van der Waals surface area contributed by atoms with Gasteiger partial charge in [-0.15, -0.1) is 0 Å². The number of methoxy groups -OCH3 is 1. The fraction of sp³-hybridized carbons (Fsp3) is 0.700. The van der Waals surface area contributed by atoms with E-state index in [4.69, 9.17) is 0 Å². The summed E-state index contributed by atoms with van der Waals surface area (Å²) in [5.74, 6) is -0.302. The quantitative estimate of drug-likeness (QED) is 0.533. The van der Waals surface area contributed by atoms with Crippen LogP contribution in [0.5, 0.6) is 0 Å². The molecule has 3 nitrogen and oxygen atoms in total. The number of nitrogens with one attached hydrogen (secondary N) is 1. The number of esters is 1. The van der Waals surface area contributed by atoms with Gasteiger partial charge in [0.25, 0.3) is 0 Å². The Morgan fingerprint density at radius 2 is 2.08 bits per heavy atom. The van der Waals surface area contributed by atoms with Crippen LogP contribution in [0.3, 0.4) is 0 Å². The fourth-order valence-corrected chi connectivity index (χ4v) is 1.59. The zero-order valence-electron chi connectivity index (χ0n) is 8.08. The van der Waals surface area contributed by atoms with Crippen LogP contribution in [0.25, 0.3) is 0 Å². The van der Waals surface area contributed by atoms with Gasteiger partial charge >= 0.3 is 5.97 Å². The molecule has 0 radical (unpaired) electrons. The Morgan fingerprint density at radius 3 is 2.69 bits per heavy atom. The van der Waals surface area contributed by atoms with Crippen molar-refractivity contribution in [3.63, 3.8) is 0 Å². The van der Waals surface area contributed by atoms with E-state index in [1.54, 1.807) is 6.20 Å². The average molecular weight is 183 g/mol. The largest absolute Gasteiger partial charge is 0.466 e. The van der Waals surface area contributed by atoms with Crippen molar-refractivity contribution in [3.8, 4) is 0 Å². The first-order chi connectivity index (χ1) is 6.33. The van der Waals surface area contributed by atoms with Crippen molar-refractivity contribution in [2.75, 3.05) is 7.11 Å². The molecule has 0 unspecified atom stereocenters. The zero-order valence-corrected chi connectivity index (χ0v) is 8.08. The van der Waals surface area contributed by atoms with E-state index in [1.165, 1.54) is 45.3 Å². The van der Waals surface area contributed by atoms with E-state index >= 15 is 0 Å². The van der Waals surface area contributed by atoms with E-state index in [0.717, 1.165) is 0 Å². The molecule has 0 amide bonds. The molecule has 0 heterocycles. The molecule has 1 rings (SSSR count). The molecule has 0 spiro atoms. The normalized spacial score (nSPS) is 18.8. The van der Waals surface area contributed by atoms with Gasteiger partial charge in [-0.1, -0.05) is 19.3 Å². The molecule has 0 aromatic carbocycles. The second-order valence-corrected chi connectivity index (χ2v) is 3.36. The van der Waals surface area contributed by atoms with Crippen LogP contribution in [0.1, 0.15) is 32.1 Å². The molecule has 1 aliphatic carbocycles. The number of rotatable bonds is 3. The first-order valence-electron chi connectivity index (χ1n) is 4.83. The van der Waals surface area contributed by atoms with Crippen molar-refractivity contribution in [1.82, 2.24) is 5.32 Å². The van der Waals surface area contributed by atoms with Crippen molar-refractivity contribution < 1.29 is 9.53 Å². The number of hydrogen-bond acceptors (Lipinski definition) is 3. The Labute approximate surface area is 79.2 Å². The number of ether oxygens (including phenoxy) is 1. The summed E-state index contributed by atoms with van der Waals surface area (Å²) < 4.78 is 4.47. The summed E-state index contributed by atoms with van der Waals surface area (Å²) in [7, 11) is 1.38. The molecule has 3 heteroatoms. The van der Waals surface area contributed by atoms with Crippen molar-refractivity contribution in [2.45, 2.75) is 38.1 Å². The lowest BCUT2D eigenvalue weighted by Gasteiger charge is -2.21. The van der Waals surface area contributed by atoms with Gasteiger partial charge in [-0.05, 0) is 12.8 Å². The van der Waals surface area contributed by atoms with Crippen molar-refractivity contribution in [2.24, 2.45) is 0 Å². The summed E-state index contributed by atoms with van der Waals surface area (Å²) in [4.78, 5) is 10.7. The van der Waals surface area contributed by atoms with Gasteiger partial charge in [0.1, 0.15) is 0 Å². The third-order valence-corrected chi connectivity index (χ3v) is 2.36. The molecular formula is C10H17NO2. The van der Waals surface area contributed by atoms with Crippen molar-refractivity contribution in [3.05, 3.63) is 12.3 Å². The second-order valence-electron chi connectivity index (χ2n) is 3.36. The zero-order chi connectivity index (χ0) is 9.52. The molecule has 0 bridgehead atoms. The molecule has 0 aromatic rings. The van der Waals surface area contributed by atoms with Crippen LogP contribution in [0.4, 0.5) is 0 Å². The molecule has 0 aromatic heterocycles. The summed E-state index contributed by atoms with van der Waals surface area (Å²) in [6, 6.07) is 0.551. The SMILES string of the molecule is COC(=O)C=CNC1CCCCC1. The lowest BCUT2D eigenvalue weighted by atomic mass is 9.96. The van der Waals surface area contributed by atoms with Gasteiger partial charge in [0.15, 0.2) is 0 Å². The van der Waals surface area contributed by atoms with Gasteiger partial charge in [0.05, 0.1) is 7.11 Å². The predicted octanol–water partition coefficient (Wildman–Crippen LogP) is 1.60. The van der Waals surface area contributed by atoms with Crippen molar-refractivity contribution >= 4 is 5.97 Å². The van der Waals surface area contributed by atoms with Gasteiger partial charge in [-0.25, -0.2) is 4.79 Å². The molecule has 1 N–H and O–H groups in total. The Bertz CT molecular complexity index is 183. The highest BCUT2D eigenvalue weighted by atomic mass is 16.5. The predicted molar refractivity (Wildman–Crippen MR) is 51.2 cm³/mol. The van der Waals surface area contributed by atoms with Crippen LogP contribution < -0.4 is 5.32 Å². The monoisotopic (exact) mass is 183 g/mol. The molecule has 13 heavy (non-hydrogen) atoms. The van der Waals surface area contributed by atoms with Gasteiger partial charge in [-0.3, -0.25) is 0 Å². The molecule has 0 aliphatic heterocycles. The summed E-state index contributed by atoms with van der Waals surface area (Å²) in [6.45, 7) is 0. The maximum Gasteiger partial charge on any atom is 0.331 e. The average Bonchev–Trinajstić information content (AvgIpc) is 2.19. The number of carbonyl (C=O) groups is 1. The Kier molecular flexibility index (Phi) is 4.36. The van der Waals surface area contributed by atoms with E-state index in [0.29, 0.717) is 6.04 Å². The number of hydrogen-bond donors (Lipinski definition) is 1. The first kappa shape index (κ1) is 10.1. The summed E-state index contributed by atoms with van der Waals surface area (Å²) >= 11 is 0. The highest BCUT2D eigenvalue weighted by Crippen LogP contribution is 2.17. The maximum atomic E-state index is 10.7. The smallest absolute Gasteiger partial charge is 0.331 e. The summed E-state index contributed by atoms with van der Waals surface area (Å²) in [5.41, 5.74) is 0. The molecule has 74 valence electrons. The molecule has 0 atom stereocenters. The number of carbonyl (C=O) groups excluding carboxylic acids is 1. The summed E-state index contributed by atoms with van der Waals surface area (Å²) in [6.07, 6.45) is 9.49. The first-order valence-corrected chi connectivity index (χ1v) is 4.83. The van der Waals surface area contributed by atoms with E-state index in [9.17, 15) is 4.79 Å². The van der Waals surface area contributed by atoms with Crippen LogP contribution in [0.2, 0.25) is 0 Å². The van der Waals surface area contributed by atoms with Crippen LogP contribution in [0, 0.1) is 0 Å². The topological polar surface area (TPSA) is 38.3 Å². The van der Waals surface area contributed by atoms with Gasteiger partial charge in [0, 0.05) is 18.3 Å². The van der Waals surface area contributed by atoms with Crippen LogP contribution in [0.15, 0.2) is 12.3 Å². The highest BCUT2D eigenvalue weighted by Gasteiger charge is 2.10. The van der Waals surface area contributed by atoms with Gasteiger partial charge in [0.2, 0.25) is 0 Å². The van der Waals surface area contributed by atoms with Crippen LogP contribution in [-0.4, -0.2) is 19.1 Å².